The van der Waals surface area contributed by atoms with Crippen LogP contribution >= 0.6 is 11.3 Å². The quantitative estimate of drug-likeness (QED) is 0.803. The van der Waals surface area contributed by atoms with Crippen LogP contribution in [0.3, 0.4) is 0 Å². The molecule has 7 heteroatoms. The maximum absolute atomic E-state index is 12.4. The highest BCUT2D eigenvalue weighted by Gasteiger charge is 2.25. The number of aromatic nitrogens is 2. The first-order chi connectivity index (χ1) is 11.7. The summed E-state index contributed by atoms with van der Waals surface area (Å²) < 4.78 is 5.36. The van der Waals surface area contributed by atoms with E-state index in [9.17, 15) is 4.79 Å². The summed E-state index contributed by atoms with van der Waals surface area (Å²) in [5, 5.41) is 8.05. The second kappa shape index (κ2) is 7.90. The fourth-order valence-corrected chi connectivity index (χ4v) is 3.65. The number of amides is 1. The molecule has 0 saturated carbocycles. The van der Waals surface area contributed by atoms with E-state index in [4.69, 9.17) is 4.52 Å². The summed E-state index contributed by atoms with van der Waals surface area (Å²) in [7, 11) is 0. The van der Waals surface area contributed by atoms with Crippen molar-refractivity contribution in [2.45, 2.75) is 33.2 Å². The molecule has 1 atom stereocenters. The molecule has 3 heterocycles. The van der Waals surface area contributed by atoms with Gasteiger partial charge in [0.15, 0.2) is 0 Å². The molecule has 3 rings (SSSR count). The van der Waals surface area contributed by atoms with E-state index in [1.807, 2.05) is 28.7 Å². The average Bonchev–Trinajstić information content (AvgIpc) is 3.26. The third kappa shape index (κ3) is 4.02. The van der Waals surface area contributed by atoms with Gasteiger partial charge in [-0.2, -0.15) is 16.3 Å². The van der Waals surface area contributed by atoms with Gasteiger partial charge in [0.2, 0.25) is 17.6 Å². The molecule has 1 fully saturated rings. The highest BCUT2D eigenvalue weighted by atomic mass is 32.1. The van der Waals surface area contributed by atoms with Gasteiger partial charge in [-0.1, -0.05) is 25.4 Å². The van der Waals surface area contributed by atoms with Gasteiger partial charge in [0.25, 0.3) is 0 Å². The van der Waals surface area contributed by atoms with Crippen LogP contribution in [0, 0.1) is 5.92 Å². The SMILES string of the molecule is CCC[C@@H](C)C(=O)N1CCN(Cc2nc(-c3ccsc3)no2)CC1. The van der Waals surface area contributed by atoms with E-state index in [1.165, 1.54) is 0 Å². The summed E-state index contributed by atoms with van der Waals surface area (Å²) >= 11 is 1.62. The molecule has 2 aromatic heterocycles. The van der Waals surface area contributed by atoms with Crippen molar-refractivity contribution in [1.82, 2.24) is 19.9 Å². The topological polar surface area (TPSA) is 62.5 Å². The van der Waals surface area contributed by atoms with E-state index < -0.39 is 0 Å². The fraction of sp³-hybridized carbons (Fsp3) is 0.588. The van der Waals surface area contributed by atoms with Crippen LogP contribution in [0.25, 0.3) is 11.4 Å². The molecule has 0 N–H and O–H groups in total. The Hall–Kier alpha value is -1.73. The minimum Gasteiger partial charge on any atom is -0.340 e. The second-order valence-electron chi connectivity index (χ2n) is 6.31. The van der Waals surface area contributed by atoms with Gasteiger partial charge in [0, 0.05) is 43.0 Å². The van der Waals surface area contributed by atoms with Crippen molar-refractivity contribution in [3.8, 4) is 11.4 Å². The van der Waals surface area contributed by atoms with Gasteiger partial charge in [-0.15, -0.1) is 0 Å². The van der Waals surface area contributed by atoms with Gasteiger partial charge >= 0.3 is 0 Å². The highest BCUT2D eigenvalue weighted by molar-refractivity contribution is 7.08. The first-order valence-corrected chi connectivity index (χ1v) is 9.48. The molecule has 0 spiro atoms. The summed E-state index contributed by atoms with van der Waals surface area (Å²) in [4.78, 5) is 21.1. The smallest absolute Gasteiger partial charge is 0.241 e. The van der Waals surface area contributed by atoms with Crippen LogP contribution in [0.1, 0.15) is 32.6 Å². The van der Waals surface area contributed by atoms with E-state index in [0.29, 0.717) is 18.3 Å². The zero-order valence-electron chi connectivity index (χ0n) is 14.3. The molecule has 6 nitrogen and oxygen atoms in total. The average molecular weight is 348 g/mol. The molecular weight excluding hydrogens is 324 g/mol. The second-order valence-corrected chi connectivity index (χ2v) is 7.09. The van der Waals surface area contributed by atoms with Crippen LogP contribution in [0.5, 0.6) is 0 Å². The van der Waals surface area contributed by atoms with Crippen molar-refractivity contribution in [2.24, 2.45) is 5.92 Å². The Bertz CT molecular complexity index is 647. The summed E-state index contributed by atoms with van der Waals surface area (Å²) in [6, 6.07) is 1.99. The van der Waals surface area contributed by atoms with Crippen molar-refractivity contribution >= 4 is 17.2 Å². The Labute approximate surface area is 146 Å². The van der Waals surface area contributed by atoms with Crippen LogP contribution < -0.4 is 0 Å². The lowest BCUT2D eigenvalue weighted by atomic mass is 10.0. The molecule has 1 amide bonds. The van der Waals surface area contributed by atoms with Gasteiger partial charge in [0.1, 0.15) is 0 Å². The Morgan fingerprint density at radius 2 is 2.17 bits per heavy atom. The molecule has 0 aliphatic carbocycles. The van der Waals surface area contributed by atoms with Gasteiger partial charge in [-0.3, -0.25) is 9.69 Å². The predicted molar refractivity (Wildman–Crippen MR) is 93.5 cm³/mol. The van der Waals surface area contributed by atoms with Crippen molar-refractivity contribution in [1.29, 1.82) is 0 Å². The molecular formula is C17H24N4O2S. The normalized spacial score (nSPS) is 17.2. The number of thiophene rings is 1. The van der Waals surface area contributed by atoms with E-state index in [0.717, 1.165) is 44.6 Å². The Morgan fingerprint density at radius 1 is 1.38 bits per heavy atom. The number of piperazine rings is 1. The zero-order chi connectivity index (χ0) is 16.9. The first-order valence-electron chi connectivity index (χ1n) is 8.53. The van der Waals surface area contributed by atoms with Crippen LogP contribution in [-0.4, -0.2) is 52.0 Å². The van der Waals surface area contributed by atoms with Crippen LogP contribution in [0.2, 0.25) is 0 Å². The Balaban J connectivity index is 1.50. The summed E-state index contributed by atoms with van der Waals surface area (Å²) in [6.45, 7) is 8.04. The fourth-order valence-electron chi connectivity index (χ4n) is 3.01. The van der Waals surface area contributed by atoms with Gasteiger partial charge in [-0.25, -0.2) is 0 Å². The third-order valence-electron chi connectivity index (χ3n) is 4.43. The maximum Gasteiger partial charge on any atom is 0.241 e. The number of carbonyl (C=O) groups excluding carboxylic acids is 1. The van der Waals surface area contributed by atoms with E-state index in [-0.39, 0.29) is 11.8 Å². The van der Waals surface area contributed by atoms with Crippen molar-refractivity contribution in [3.05, 3.63) is 22.7 Å². The monoisotopic (exact) mass is 348 g/mol. The third-order valence-corrected chi connectivity index (χ3v) is 5.12. The molecule has 0 unspecified atom stereocenters. The molecule has 1 saturated heterocycles. The molecule has 2 aromatic rings. The molecule has 0 radical (unpaired) electrons. The number of hydrogen-bond acceptors (Lipinski definition) is 6. The van der Waals surface area contributed by atoms with E-state index >= 15 is 0 Å². The van der Waals surface area contributed by atoms with Gasteiger partial charge < -0.3 is 9.42 Å². The summed E-state index contributed by atoms with van der Waals surface area (Å²) in [5.41, 5.74) is 0.996. The summed E-state index contributed by atoms with van der Waals surface area (Å²) in [5.74, 6) is 1.70. The standard InChI is InChI=1S/C17H24N4O2S/c1-3-4-13(2)17(22)21-8-6-20(7-9-21)11-15-18-16(19-23-15)14-5-10-24-12-14/h5,10,12-13H,3-4,6-9,11H2,1-2H3/t13-/m1/s1. The Morgan fingerprint density at radius 3 is 2.83 bits per heavy atom. The van der Waals surface area contributed by atoms with E-state index in [2.05, 4.69) is 22.0 Å². The Kier molecular flexibility index (Phi) is 5.63. The molecule has 0 aromatic carbocycles. The van der Waals surface area contributed by atoms with Crippen LogP contribution in [0.15, 0.2) is 21.3 Å². The molecule has 1 aliphatic heterocycles. The lowest BCUT2D eigenvalue weighted by Gasteiger charge is -2.35. The number of nitrogens with zero attached hydrogens (tertiary/aromatic N) is 4. The van der Waals surface area contributed by atoms with Crippen molar-refractivity contribution in [2.75, 3.05) is 26.2 Å². The number of carbonyl (C=O) groups is 1. The molecule has 130 valence electrons. The number of rotatable bonds is 6. The van der Waals surface area contributed by atoms with Crippen LogP contribution in [0.4, 0.5) is 0 Å². The van der Waals surface area contributed by atoms with Crippen LogP contribution in [-0.2, 0) is 11.3 Å². The lowest BCUT2D eigenvalue weighted by Crippen LogP contribution is -2.49. The molecule has 1 aliphatic rings. The van der Waals surface area contributed by atoms with Crippen molar-refractivity contribution < 1.29 is 9.32 Å². The maximum atomic E-state index is 12.4. The highest BCUT2D eigenvalue weighted by Crippen LogP contribution is 2.19. The first kappa shape index (κ1) is 17.1. The lowest BCUT2D eigenvalue weighted by molar-refractivity contribution is -0.137. The largest absolute Gasteiger partial charge is 0.340 e. The molecule has 24 heavy (non-hydrogen) atoms. The van der Waals surface area contributed by atoms with Crippen molar-refractivity contribution in [3.63, 3.8) is 0 Å². The molecule has 0 bridgehead atoms. The van der Waals surface area contributed by atoms with Gasteiger partial charge in [-0.05, 0) is 17.9 Å². The number of hydrogen-bond donors (Lipinski definition) is 0. The van der Waals surface area contributed by atoms with Gasteiger partial charge in [0.05, 0.1) is 6.54 Å². The van der Waals surface area contributed by atoms with E-state index in [1.54, 1.807) is 11.3 Å². The predicted octanol–water partition coefficient (Wildman–Crippen LogP) is 2.88. The summed E-state index contributed by atoms with van der Waals surface area (Å²) in [6.07, 6.45) is 2.02. The zero-order valence-corrected chi connectivity index (χ0v) is 15.1. The minimum absolute atomic E-state index is 0.130. The minimum atomic E-state index is 0.130.